The van der Waals surface area contributed by atoms with Crippen molar-refractivity contribution in [3.63, 3.8) is 0 Å². The van der Waals surface area contributed by atoms with E-state index in [1.807, 2.05) is 0 Å². The number of ether oxygens (including phenoxy) is 3. The van der Waals surface area contributed by atoms with Crippen molar-refractivity contribution in [1.29, 1.82) is 0 Å². The van der Waals surface area contributed by atoms with Crippen molar-refractivity contribution in [1.82, 2.24) is 0 Å². The van der Waals surface area contributed by atoms with Crippen molar-refractivity contribution >= 4 is 17.9 Å². The standard InChI is InChI=1S/C26H42F4O6/c1-8-13-19(10-3)25(27,28)22(32)35-16-24(12-5,15-34-21(31)18(6)7)17-36-23(33)26(29,30)20(11-4)14-9-2/h19-20H,6,8-17H2,1-5,7H3. The molecule has 0 radical (unpaired) electrons. The van der Waals surface area contributed by atoms with Gasteiger partial charge in [0.15, 0.2) is 0 Å². The molecule has 2 atom stereocenters. The van der Waals surface area contributed by atoms with E-state index in [1.54, 1.807) is 20.8 Å². The summed E-state index contributed by atoms with van der Waals surface area (Å²) in [6.45, 7) is 10.9. The van der Waals surface area contributed by atoms with Crippen molar-refractivity contribution in [3.8, 4) is 0 Å². The first-order valence-corrected chi connectivity index (χ1v) is 12.6. The van der Waals surface area contributed by atoms with Gasteiger partial charge in [0.25, 0.3) is 0 Å². The van der Waals surface area contributed by atoms with Gasteiger partial charge in [-0.1, -0.05) is 54.0 Å². The van der Waals surface area contributed by atoms with Crippen LogP contribution < -0.4 is 0 Å². The zero-order valence-electron chi connectivity index (χ0n) is 22.4. The molecule has 0 aliphatic rings. The molecule has 0 aromatic heterocycles. The van der Waals surface area contributed by atoms with Crippen LogP contribution in [0.15, 0.2) is 12.2 Å². The normalized spacial score (nSPS) is 15.4. The van der Waals surface area contributed by atoms with Crippen LogP contribution in [0.25, 0.3) is 0 Å². The van der Waals surface area contributed by atoms with E-state index < -0.39 is 66.8 Å². The third kappa shape index (κ3) is 9.39. The Morgan fingerprint density at radius 2 is 1.08 bits per heavy atom. The van der Waals surface area contributed by atoms with Gasteiger partial charge in [-0.2, -0.15) is 17.6 Å². The Morgan fingerprint density at radius 3 is 1.36 bits per heavy atom. The fourth-order valence-electron chi connectivity index (χ4n) is 3.72. The van der Waals surface area contributed by atoms with Crippen molar-refractivity contribution < 1.29 is 46.2 Å². The lowest BCUT2D eigenvalue weighted by molar-refractivity contribution is -0.194. The number of carbonyl (C=O) groups excluding carboxylic acids is 3. The predicted octanol–water partition coefficient (Wildman–Crippen LogP) is 6.51. The van der Waals surface area contributed by atoms with E-state index >= 15 is 0 Å². The van der Waals surface area contributed by atoms with Crippen molar-refractivity contribution in [3.05, 3.63) is 12.2 Å². The van der Waals surface area contributed by atoms with Crippen LogP contribution >= 0.6 is 0 Å². The number of hydrogen-bond donors (Lipinski definition) is 0. The second kappa shape index (κ2) is 15.2. The van der Waals surface area contributed by atoms with Gasteiger partial charge in [-0.15, -0.1) is 0 Å². The van der Waals surface area contributed by atoms with Gasteiger partial charge in [0.05, 0.1) is 5.41 Å². The summed E-state index contributed by atoms with van der Waals surface area (Å²) >= 11 is 0. The average Bonchev–Trinajstić information content (AvgIpc) is 2.84. The smallest absolute Gasteiger partial charge is 0.377 e. The molecule has 0 bridgehead atoms. The highest BCUT2D eigenvalue weighted by Gasteiger charge is 2.50. The number of halogens is 4. The van der Waals surface area contributed by atoms with Gasteiger partial charge in [0, 0.05) is 17.4 Å². The highest BCUT2D eigenvalue weighted by atomic mass is 19.3. The second-order valence-electron chi connectivity index (χ2n) is 9.40. The molecule has 2 unspecified atom stereocenters. The third-order valence-electron chi connectivity index (χ3n) is 6.46. The summed E-state index contributed by atoms with van der Waals surface area (Å²) < 4.78 is 73.7. The molecule has 0 spiro atoms. The first kappa shape index (κ1) is 33.9. The van der Waals surface area contributed by atoms with E-state index in [-0.39, 0.29) is 37.7 Å². The number of hydrogen-bond acceptors (Lipinski definition) is 6. The zero-order chi connectivity index (χ0) is 28.2. The second-order valence-corrected chi connectivity index (χ2v) is 9.40. The Bertz CT molecular complexity index is 696. The summed E-state index contributed by atoms with van der Waals surface area (Å²) in [5.74, 6) is -14.3. The Balaban J connectivity index is 5.76. The van der Waals surface area contributed by atoms with Gasteiger partial charge in [-0.05, 0) is 39.0 Å². The van der Waals surface area contributed by atoms with Crippen molar-refractivity contribution in [2.45, 2.75) is 98.3 Å². The Hall–Kier alpha value is -2.13. The van der Waals surface area contributed by atoms with Crippen molar-refractivity contribution in [2.75, 3.05) is 19.8 Å². The number of carbonyl (C=O) groups is 3. The summed E-state index contributed by atoms with van der Waals surface area (Å²) in [7, 11) is 0. The monoisotopic (exact) mass is 526 g/mol. The summed E-state index contributed by atoms with van der Waals surface area (Å²) in [6, 6.07) is 0. The van der Waals surface area contributed by atoms with E-state index in [0.717, 1.165) is 0 Å². The molecule has 36 heavy (non-hydrogen) atoms. The maximum atomic E-state index is 14.7. The van der Waals surface area contributed by atoms with Crippen LogP contribution in [0, 0.1) is 17.3 Å². The SMILES string of the molecule is C=C(C)C(=O)OCC(CC)(COC(=O)C(F)(F)C(CC)CCC)COC(=O)C(F)(F)C(CC)CCC. The summed E-state index contributed by atoms with van der Waals surface area (Å²) in [4.78, 5) is 36.6. The molecule has 0 aromatic rings. The Labute approximate surface area is 212 Å². The fraction of sp³-hybridized carbons (Fsp3) is 0.808. The van der Waals surface area contributed by atoms with Crippen LogP contribution in [-0.4, -0.2) is 49.6 Å². The van der Waals surface area contributed by atoms with Crippen LogP contribution in [0.4, 0.5) is 17.6 Å². The van der Waals surface area contributed by atoms with Gasteiger partial charge >= 0.3 is 29.8 Å². The molecule has 0 aromatic carbocycles. The lowest BCUT2D eigenvalue weighted by Crippen LogP contribution is -2.45. The maximum absolute atomic E-state index is 14.7. The first-order valence-electron chi connectivity index (χ1n) is 12.6. The molecule has 0 rings (SSSR count). The van der Waals surface area contributed by atoms with Crippen LogP contribution in [0.2, 0.25) is 0 Å². The lowest BCUT2D eigenvalue weighted by Gasteiger charge is -2.33. The number of esters is 3. The molecule has 10 heteroatoms. The van der Waals surface area contributed by atoms with E-state index in [0.29, 0.717) is 12.8 Å². The summed E-state index contributed by atoms with van der Waals surface area (Å²) in [6.07, 6.45) is 1.21. The molecule has 0 saturated heterocycles. The van der Waals surface area contributed by atoms with E-state index in [2.05, 4.69) is 6.58 Å². The minimum Gasteiger partial charge on any atom is -0.461 e. The largest absolute Gasteiger partial charge is 0.461 e. The molecule has 0 aliphatic heterocycles. The van der Waals surface area contributed by atoms with Gasteiger partial charge < -0.3 is 14.2 Å². The topological polar surface area (TPSA) is 78.9 Å². The van der Waals surface area contributed by atoms with Gasteiger partial charge in [0.2, 0.25) is 0 Å². The highest BCUT2D eigenvalue weighted by molar-refractivity contribution is 5.87. The molecule has 0 fully saturated rings. The van der Waals surface area contributed by atoms with Crippen LogP contribution in [-0.2, 0) is 28.6 Å². The molecule has 0 amide bonds. The molecule has 6 nitrogen and oxygen atoms in total. The van der Waals surface area contributed by atoms with Gasteiger partial charge in [-0.25, -0.2) is 14.4 Å². The van der Waals surface area contributed by atoms with Crippen LogP contribution in [0.3, 0.4) is 0 Å². The molecular weight excluding hydrogens is 484 g/mol. The first-order chi connectivity index (χ1) is 16.7. The van der Waals surface area contributed by atoms with Crippen molar-refractivity contribution in [2.24, 2.45) is 17.3 Å². The van der Waals surface area contributed by atoms with Gasteiger partial charge in [0.1, 0.15) is 19.8 Å². The third-order valence-corrected chi connectivity index (χ3v) is 6.46. The minimum absolute atomic E-state index is 0.00645. The minimum atomic E-state index is -3.77. The molecular formula is C26H42F4O6. The maximum Gasteiger partial charge on any atom is 0.377 e. The summed E-state index contributed by atoms with van der Waals surface area (Å²) in [5, 5.41) is 0. The van der Waals surface area contributed by atoms with E-state index in [1.165, 1.54) is 20.8 Å². The molecule has 0 heterocycles. The quantitative estimate of drug-likeness (QED) is 0.0877. The lowest BCUT2D eigenvalue weighted by atomic mass is 9.87. The van der Waals surface area contributed by atoms with Crippen LogP contribution in [0.5, 0.6) is 0 Å². The number of alkyl halides is 4. The molecule has 0 N–H and O–H groups in total. The molecule has 0 aliphatic carbocycles. The predicted molar refractivity (Wildman–Crippen MR) is 128 cm³/mol. The Kier molecular flexibility index (Phi) is 14.3. The van der Waals surface area contributed by atoms with Gasteiger partial charge in [-0.3, -0.25) is 0 Å². The van der Waals surface area contributed by atoms with E-state index in [9.17, 15) is 31.9 Å². The highest BCUT2D eigenvalue weighted by Crippen LogP contribution is 2.35. The molecule has 0 saturated carbocycles. The summed E-state index contributed by atoms with van der Waals surface area (Å²) in [5.41, 5.74) is -1.47. The zero-order valence-corrected chi connectivity index (χ0v) is 22.4. The fourth-order valence-corrected chi connectivity index (χ4v) is 3.72. The van der Waals surface area contributed by atoms with E-state index in [4.69, 9.17) is 14.2 Å². The van der Waals surface area contributed by atoms with Crippen LogP contribution in [0.1, 0.15) is 86.5 Å². The number of rotatable bonds is 18. The Morgan fingerprint density at radius 1 is 0.722 bits per heavy atom. The average molecular weight is 527 g/mol. The molecule has 210 valence electrons.